The van der Waals surface area contributed by atoms with E-state index in [2.05, 4.69) is 5.32 Å². The molecule has 2 unspecified atom stereocenters. The van der Waals surface area contributed by atoms with Crippen molar-refractivity contribution in [2.45, 2.75) is 32.4 Å². The summed E-state index contributed by atoms with van der Waals surface area (Å²) in [4.78, 5) is 27.1. The van der Waals surface area contributed by atoms with E-state index in [9.17, 15) is 14.0 Å². The smallest absolute Gasteiger partial charge is 0.227 e. The van der Waals surface area contributed by atoms with Gasteiger partial charge in [0.15, 0.2) is 0 Å². The fraction of sp³-hybridized carbons (Fsp3) is 0.391. The van der Waals surface area contributed by atoms with E-state index in [1.807, 2.05) is 42.2 Å². The van der Waals surface area contributed by atoms with Crippen molar-refractivity contribution >= 4 is 24.2 Å². The molecule has 0 bridgehead atoms. The van der Waals surface area contributed by atoms with Gasteiger partial charge >= 0.3 is 0 Å². The van der Waals surface area contributed by atoms with Gasteiger partial charge < -0.3 is 16.0 Å². The van der Waals surface area contributed by atoms with Crippen LogP contribution in [-0.4, -0.2) is 29.8 Å². The molecule has 0 radical (unpaired) electrons. The maximum atomic E-state index is 13.0. The summed E-state index contributed by atoms with van der Waals surface area (Å²) in [6.07, 6.45) is 1.27. The number of hydrogen-bond donors (Lipinski definition) is 2. The monoisotopic (exact) mass is 433 g/mol. The number of amides is 2. The molecule has 2 amide bonds. The molecule has 1 aliphatic rings. The summed E-state index contributed by atoms with van der Waals surface area (Å²) in [5.74, 6) is -0.709. The molecule has 0 aromatic heterocycles. The molecule has 1 heterocycles. The number of carbonyl (C=O) groups excluding carboxylic acids is 2. The zero-order chi connectivity index (χ0) is 20.8. The first-order valence-corrected chi connectivity index (χ1v) is 10.1. The lowest BCUT2D eigenvalue weighted by Crippen LogP contribution is -2.46. The van der Waals surface area contributed by atoms with E-state index >= 15 is 0 Å². The molecule has 2 atom stereocenters. The maximum Gasteiger partial charge on any atom is 0.227 e. The van der Waals surface area contributed by atoms with E-state index in [1.54, 1.807) is 12.1 Å². The second-order valence-corrected chi connectivity index (χ2v) is 7.67. The van der Waals surface area contributed by atoms with Crippen molar-refractivity contribution < 1.29 is 14.0 Å². The summed E-state index contributed by atoms with van der Waals surface area (Å²) < 4.78 is 13.0. The van der Waals surface area contributed by atoms with E-state index in [1.165, 1.54) is 12.1 Å². The number of carbonyl (C=O) groups is 2. The van der Waals surface area contributed by atoms with Crippen molar-refractivity contribution in [3.05, 3.63) is 71.5 Å². The van der Waals surface area contributed by atoms with Crippen LogP contribution in [-0.2, 0) is 16.1 Å². The van der Waals surface area contributed by atoms with Crippen molar-refractivity contribution in [1.82, 2.24) is 10.2 Å². The standard InChI is InChI=1S/C23H28FN3O2.ClH/c1-16(21(25)18-5-3-2-4-6-18)23(29)27-13-11-19(12-14-27)22(28)26-15-17-7-9-20(24)10-8-17;/h2-10,16,19,21H,11-15,25H2,1H3,(H,26,28);1H. The molecule has 1 fully saturated rings. The Labute approximate surface area is 183 Å². The van der Waals surface area contributed by atoms with Crippen LogP contribution in [0.4, 0.5) is 4.39 Å². The van der Waals surface area contributed by atoms with E-state index in [4.69, 9.17) is 5.73 Å². The average Bonchev–Trinajstić information content (AvgIpc) is 2.77. The number of hydrogen-bond acceptors (Lipinski definition) is 3. The third-order valence-corrected chi connectivity index (χ3v) is 5.67. The number of likely N-dealkylation sites (tertiary alicyclic amines) is 1. The molecule has 30 heavy (non-hydrogen) atoms. The molecule has 0 saturated carbocycles. The molecule has 7 heteroatoms. The van der Waals surface area contributed by atoms with Crippen LogP contribution in [0.1, 0.15) is 36.9 Å². The van der Waals surface area contributed by atoms with Gasteiger partial charge in [0.25, 0.3) is 0 Å². The minimum absolute atomic E-state index is 0. The molecule has 1 aliphatic heterocycles. The third kappa shape index (κ3) is 6.03. The molecular weight excluding hydrogens is 405 g/mol. The number of rotatable bonds is 6. The Hall–Kier alpha value is -2.44. The van der Waals surface area contributed by atoms with Crippen LogP contribution >= 0.6 is 12.4 Å². The highest BCUT2D eigenvalue weighted by Gasteiger charge is 2.31. The van der Waals surface area contributed by atoms with E-state index in [0.717, 1.165) is 11.1 Å². The molecular formula is C23H29ClFN3O2. The summed E-state index contributed by atoms with van der Waals surface area (Å²) in [5.41, 5.74) is 8.10. The Balaban J connectivity index is 0.00000320. The number of nitrogens with one attached hydrogen (secondary N) is 1. The van der Waals surface area contributed by atoms with Gasteiger partial charge in [0.1, 0.15) is 5.82 Å². The number of nitrogens with two attached hydrogens (primary N) is 1. The minimum Gasteiger partial charge on any atom is -0.352 e. The van der Waals surface area contributed by atoms with E-state index in [-0.39, 0.29) is 47.9 Å². The van der Waals surface area contributed by atoms with Gasteiger partial charge in [0, 0.05) is 31.6 Å². The predicted octanol–water partition coefficient (Wildman–Crippen LogP) is 3.44. The van der Waals surface area contributed by atoms with Crippen LogP contribution in [0, 0.1) is 17.7 Å². The fourth-order valence-corrected chi connectivity index (χ4v) is 3.70. The van der Waals surface area contributed by atoms with Crippen molar-refractivity contribution in [3.63, 3.8) is 0 Å². The second kappa shape index (κ2) is 11.1. The zero-order valence-corrected chi connectivity index (χ0v) is 17.9. The van der Waals surface area contributed by atoms with Gasteiger partial charge in [-0.1, -0.05) is 49.4 Å². The van der Waals surface area contributed by atoms with Gasteiger partial charge in [-0.05, 0) is 36.1 Å². The molecule has 0 aliphatic carbocycles. The molecule has 0 spiro atoms. The largest absolute Gasteiger partial charge is 0.352 e. The van der Waals surface area contributed by atoms with Crippen LogP contribution in [0.15, 0.2) is 54.6 Å². The maximum absolute atomic E-state index is 13.0. The Kier molecular flexibility index (Phi) is 8.81. The fourth-order valence-electron chi connectivity index (χ4n) is 3.70. The van der Waals surface area contributed by atoms with Gasteiger partial charge in [0.2, 0.25) is 11.8 Å². The van der Waals surface area contributed by atoms with Gasteiger partial charge in [-0.3, -0.25) is 9.59 Å². The first-order valence-electron chi connectivity index (χ1n) is 10.1. The number of nitrogens with zero attached hydrogens (tertiary/aromatic N) is 1. The lowest BCUT2D eigenvalue weighted by Gasteiger charge is -2.34. The second-order valence-electron chi connectivity index (χ2n) is 7.67. The molecule has 3 rings (SSSR count). The Morgan fingerprint density at radius 1 is 1.10 bits per heavy atom. The summed E-state index contributed by atoms with van der Waals surface area (Å²) in [5, 5.41) is 2.91. The van der Waals surface area contributed by atoms with Gasteiger partial charge in [0.05, 0.1) is 5.92 Å². The zero-order valence-electron chi connectivity index (χ0n) is 17.1. The molecule has 3 N–H and O–H groups in total. The summed E-state index contributed by atoms with van der Waals surface area (Å²) in [6, 6.07) is 15.4. The molecule has 1 saturated heterocycles. The Morgan fingerprint density at radius 3 is 2.30 bits per heavy atom. The lowest BCUT2D eigenvalue weighted by molar-refractivity contribution is -0.139. The van der Waals surface area contributed by atoms with Crippen LogP contribution in [0.3, 0.4) is 0 Å². The molecule has 162 valence electrons. The van der Waals surface area contributed by atoms with Gasteiger partial charge in [-0.2, -0.15) is 0 Å². The minimum atomic E-state index is -0.347. The molecule has 2 aromatic rings. The average molecular weight is 434 g/mol. The van der Waals surface area contributed by atoms with Crippen molar-refractivity contribution in [1.29, 1.82) is 0 Å². The predicted molar refractivity (Wildman–Crippen MR) is 117 cm³/mol. The molecule has 2 aromatic carbocycles. The van der Waals surface area contributed by atoms with Gasteiger partial charge in [-0.15, -0.1) is 12.4 Å². The Morgan fingerprint density at radius 2 is 1.70 bits per heavy atom. The normalized spacial score (nSPS) is 16.3. The van der Waals surface area contributed by atoms with Crippen molar-refractivity contribution in [2.75, 3.05) is 13.1 Å². The highest BCUT2D eigenvalue weighted by Crippen LogP contribution is 2.24. The van der Waals surface area contributed by atoms with Crippen LogP contribution in [0.25, 0.3) is 0 Å². The molecule has 5 nitrogen and oxygen atoms in total. The summed E-state index contributed by atoms with van der Waals surface area (Å²) in [7, 11) is 0. The van der Waals surface area contributed by atoms with E-state index < -0.39 is 0 Å². The SMILES string of the molecule is CC(C(=O)N1CCC(C(=O)NCc2ccc(F)cc2)CC1)C(N)c1ccccc1.Cl. The van der Waals surface area contributed by atoms with E-state index in [0.29, 0.717) is 32.5 Å². The van der Waals surface area contributed by atoms with Gasteiger partial charge in [-0.25, -0.2) is 4.39 Å². The van der Waals surface area contributed by atoms with Crippen molar-refractivity contribution in [2.24, 2.45) is 17.6 Å². The first kappa shape index (κ1) is 23.8. The van der Waals surface area contributed by atoms with Crippen LogP contribution < -0.4 is 11.1 Å². The number of piperidine rings is 1. The summed E-state index contributed by atoms with van der Waals surface area (Å²) >= 11 is 0. The van der Waals surface area contributed by atoms with Crippen molar-refractivity contribution in [3.8, 4) is 0 Å². The highest BCUT2D eigenvalue weighted by molar-refractivity contribution is 5.85. The number of halogens is 2. The third-order valence-electron chi connectivity index (χ3n) is 5.67. The number of benzene rings is 2. The lowest BCUT2D eigenvalue weighted by atomic mass is 9.91. The van der Waals surface area contributed by atoms with Crippen LogP contribution in [0.5, 0.6) is 0 Å². The topological polar surface area (TPSA) is 75.4 Å². The van der Waals surface area contributed by atoms with Crippen LogP contribution in [0.2, 0.25) is 0 Å². The Bertz CT molecular complexity index is 824. The quantitative estimate of drug-likeness (QED) is 0.732. The first-order chi connectivity index (χ1) is 14.0. The highest BCUT2D eigenvalue weighted by atomic mass is 35.5. The summed E-state index contributed by atoms with van der Waals surface area (Å²) in [6.45, 7) is 3.35.